The number of likely N-dealkylation sites (tertiary alicyclic amines) is 1. The van der Waals surface area contributed by atoms with Gasteiger partial charge in [-0.25, -0.2) is 4.39 Å². The van der Waals surface area contributed by atoms with E-state index >= 15 is 0 Å². The minimum atomic E-state index is -0.427. The minimum Gasteiger partial charge on any atom is -0.353 e. The first kappa shape index (κ1) is 16.5. The molecule has 0 aromatic heterocycles. The Hall–Kier alpha value is -1.95. The molecule has 2 amide bonds. The molecule has 2 aliphatic heterocycles. The lowest BCUT2D eigenvalue weighted by molar-refractivity contribution is -0.127. The first-order chi connectivity index (χ1) is 12.1. The Morgan fingerprint density at radius 2 is 1.84 bits per heavy atom. The van der Waals surface area contributed by atoms with Crippen molar-refractivity contribution in [1.82, 2.24) is 10.2 Å². The Morgan fingerprint density at radius 3 is 2.52 bits per heavy atom. The molecule has 1 unspecified atom stereocenters. The second-order valence-corrected chi connectivity index (χ2v) is 7.41. The number of hydrogen-bond donors (Lipinski definition) is 1. The molecule has 2 saturated heterocycles. The number of carbonyl (C=O) groups excluding carboxylic acids is 2. The van der Waals surface area contributed by atoms with Gasteiger partial charge in [-0.15, -0.1) is 0 Å². The Morgan fingerprint density at radius 1 is 1.12 bits per heavy atom. The molecule has 0 spiro atoms. The summed E-state index contributed by atoms with van der Waals surface area (Å²) in [5.74, 6) is -1.08. The fourth-order valence-corrected chi connectivity index (χ4v) is 3.95. The molecule has 1 N–H and O–H groups in total. The number of piperidine rings is 1. The number of nitrogens with zero attached hydrogens (tertiary/aromatic N) is 2. The molecule has 1 aliphatic carbocycles. The maximum Gasteiger partial charge on any atom is 0.227 e. The van der Waals surface area contributed by atoms with Crippen LogP contribution in [-0.4, -0.2) is 48.4 Å². The second kappa shape index (κ2) is 6.75. The smallest absolute Gasteiger partial charge is 0.227 e. The molecule has 134 valence electrons. The van der Waals surface area contributed by atoms with Crippen LogP contribution in [0.2, 0.25) is 0 Å². The van der Waals surface area contributed by atoms with Gasteiger partial charge in [0.25, 0.3) is 0 Å². The van der Waals surface area contributed by atoms with Gasteiger partial charge in [0.2, 0.25) is 11.8 Å². The predicted molar refractivity (Wildman–Crippen MR) is 92.6 cm³/mol. The minimum absolute atomic E-state index is 0.0722. The molecular weight excluding hydrogens is 321 g/mol. The number of anilines is 1. The van der Waals surface area contributed by atoms with Gasteiger partial charge in [0.05, 0.1) is 11.6 Å². The highest BCUT2D eigenvalue weighted by molar-refractivity contribution is 6.00. The molecular formula is C19H24FN3O2. The standard InChI is InChI=1S/C19H24FN3O2/c20-16-3-1-2-4-17(16)23-12-13(11-18(23)24)19(25)21-14-7-9-22(10-8-14)15-5-6-15/h1-4,13-15H,5-12H2,(H,21,25). The molecule has 2 heterocycles. The van der Waals surface area contributed by atoms with Crippen molar-refractivity contribution >= 4 is 17.5 Å². The average molecular weight is 345 g/mol. The average Bonchev–Trinajstić information content (AvgIpc) is 3.38. The van der Waals surface area contributed by atoms with Crippen molar-refractivity contribution in [3.8, 4) is 0 Å². The summed E-state index contributed by atoms with van der Waals surface area (Å²) in [5.41, 5.74) is 0.264. The quantitative estimate of drug-likeness (QED) is 0.907. The van der Waals surface area contributed by atoms with E-state index in [1.54, 1.807) is 18.2 Å². The summed E-state index contributed by atoms with van der Waals surface area (Å²) in [6.07, 6.45) is 4.72. The predicted octanol–water partition coefficient (Wildman–Crippen LogP) is 1.92. The summed E-state index contributed by atoms with van der Waals surface area (Å²) >= 11 is 0. The van der Waals surface area contributed by atoms with Crippen LogP contribution in [0.1, 0.15) is 32.1 Å². The van der Waals surface area contributed by atoms with Gasteiger partial charge in [-0.3, -0.25) is 9.59 Å². The Balaban J connectivity index is 1.32. The Kier molecular flexibility index (Phi) is 4.46. The molecule has 6 heteroatoms. The SMILES string of the molecule is O=C(NC1CCN(C2CC2)CC1)C1CC(=O)N(c2ccccc2F)C1. The zero-order valence-electron chi connectivity index (χ0n) is 14.3. The molecule has 1 atom stereocenters. The maximum atomic E-state index is 13.9. The molecule has 0 radical (unpaired) electrons. The summed E-state index contributed by atoms with van der Waals surface area (Å²) in [6.45, 7) is 2.34. The molecule has 3 fully saturated rings. The van der Waals surface area contributed by atoms with Crippen molar-refractivity contribution in [3.63, 3.8) is 0 Å². The van der Waals surface area contributed by atoms with Crippen LogP contribution in [0.3, 0.4) is 0 Å². The fraction of sp³-hybridized carbons (Fsp3) is 0.579. The van der Waals surface area contributed by atoms with Crippen molar-refractivity contribution in [2.45, 2.75) is 44.2 Å². The molecule has 25 heavy (non-hydrogen) atoms. The first-order valence-corrected chi connectivity index (χ1v) is 9.21. The molecule has 1 saturated carbocycles. The van der Waals surface area contributed by atoms with E-state index in [-0.39, 0.29) is 36.5 Å². The van der Waals surface area contributed by atoms with E-state index in [0.29, 0.717) is 0 Å². The monoisotopic (exact) mass is 345 g/mol. The third kappa shape index (κ3) is 3.54. The first-order valence-electron chi connectivity index (χ1n) is 9.21. The lowest BCUT2D eigenvalue weighted by Gasteiger charge is -2.32. The summed E-state index contributed by atoms with van der Waals surface area (Å²) in [7, 11) is 0. The lowest BCUT2D eigenvalue weighted by atomic mass is 10.0. The Labute approximate surface area is 147 Å². The number of hydrogen-bond acceptors (Lipinski definition) is 3. The zero-order valence-corrected chi connectivity index (χ0v) is 14.3. The van der Waals surface area contributed by atoms with Crippen LogP contribution in [0.5, 0.6) is 0 Å². The van der Waals surface area contributed by atoms with Gasteiger partial charge in [0.15, 0.2) is 0 Å². The zero-order chi connectivity index (χ0) is 17.4. The van der Waals surface area contributed by atoms with Crippen molar-refractivity contribution in [3.05, 3.63) is 30.1 Å². The summed E-state index contributed by atoms with van der Waals surface area (Å²) in [4.78, 5) is 28.7. The van der Waals surface area contributed by atoms with Crippen molar-refractivity contribution in [2.75, 3.05) is 24.5 Å². The van der Waals surface area contributed by atoms with Crippen LogP contribution >= 0.6 is 0 Å². The lowest BCUT2D eigenvalue weighted by Crippen LogP contribution is -2.47. The van der Waals surface area contributed by atoms with E-state index in [2.05, 4.69) is 10.2 Å². The van der Waals surface area contributed by atoms with Gasteiger partial charge in [0.1, 0.15) is 5.82 Å². The third-order valence-electron chi connectivity index (χ3n) is 5.58. The van der Waals surface area contributed by atoms with E-state index in [4.69, 9.17) is 0 Å². The van der Waals surface area contributed by atoms with E-state index in [9.17, 15) is 14.0 Å². The number of benzene rings is 1. The van der Waals surface area contributed by atoms with Gasteiger partial charge in [-0.2, -0.15) is 0 Å². The second-order valence-electron chi connectivity index (χ2n) is 7.41. The Bertz CT molecular complexity index is 668. The topological polar surface area (TPSA) is 52.7 Å². The van der Waals surface area contributed by atoms with Gasteiger partial charge < -0.3 is 15.1 Å². The summed E-state index contributed by atoms with van der Waals surface area (Å²) in [6, 6.07) is 7.19. The van der Waals surface area contributed by atoms with E-state index in [1.165, 1.54) is 23.8 Å². The van der Waals surface area contributed by atoms with Gasteiger partial charge >= 0.3 is 0 Å². The number of amides is 2. The van der Waals surface area contributed by atoms with Crippen LogP contribution in [0.25, 0.3) is 0 Å². The van der Waals surface area contributed by atoms with Crippen LogP contribution < -0.4 is 10.2 Å². The molecule has 3 aliphatic rings. The van der Waals surface area contributed by atoms with Crippen LogP contribution in [0.15, 0.2) is 24.3 Å². The molecule has 1 aromatic carbocycles. The van der Waals surface area contributed by atoms with Crippen molar-refractivity contribution in [2.24, 2.45) is 5.92 Å². The number of rotatable bonds is 4. The molecule has 4 rings (SSSR count). The van der Waals surface area contributed by atoms with E-state index in [0.717, 1.165) is 32.0 Å². The van der Waals surface area contributed by atoms with Gasteiger partial charge in [-0.05, 0) is 37.8 Å². The maximum absolute atomic E-state index is 13.9. The fourth-order valence-electron chi connectivity index (χ4n) is 3.95. The summed E-state index contributed by atoms with van der Waals surface area (Å²) < 4.78 is 13.9. The number of carbonyl (C=O) groups is 2. The highest BCUT2D eigenvalue weighted by Crippen LogP contribution is 2.30. The number of nitrogens with one attached hydrogen (secondary N) is 1. The van der Waals surface area contributed by atoms with Crippen molar-refractivity contribution in [1.29, 1.82) is 0 Å². The largest absolute Gasteiger partial charge is 0.353 e. The molecule has 5 nitrogen and oxygen atoms in total. The number of halogens is 1. The van der Waals surface area contributed by atoms with Crippen molar-refractivity contribution < 1.29 is 14.0 Å². The third-order valence-corrected chi connectivity index (χ3v) is 5.58. The van der Waals surface area contributed by atoms with Crippen LogP contribution in [0, 0.1) is 11.7 Å². The van der Waals surface area contributed by atoms with Gasteiger partial charge in [0, 0.05) is 38.1 Å². The van der Waals surface area contributed by atoms with Crippen LogP contribution in [-0.2, 0) is 9.59 Å². The van der Waals surface area contributed by atoms with Gasteiger partial charge in [-0.1, -0.05) is 12.1 Å². The van der Waals surface area contributed by atoms with E-state index < -0.39 is 11.7 Å². The highest BCUT2D eigenvalue weighted by atomic mass is 19.1. The number of para-hydroxylation sites is 1. The molecule has 1 aromatic rings. The summed E-state index contributed by atoms with van der Waals surface area (Å²) in [5, 5.41) is 3.11. The normalized spacial score (nSPS) is 25.4. The van der Waals surface area contributed by atoms with Crippen LogP contribution in [0.4, 0.5) is 10.1 Å². The highest BCUT2D eigenvalue weighted by Gasteiger charge is 2.37. The molecule has 0 bridgehead atoms. The van der Waals surface area contributed by atoms with E-state index in [1.807, 2.05) is 0 Å².